The second kappa shape index (κ2) is 9.94. The van der Waals surface area contributed by atoms with Gasteiger partial charge in [-0.15, -0.1) is 0 Å². The van der Waals surface area contributed by atoms with Crippen LogP contribution in [0, 0.1) is 17.2 Å². The monoisotopic (exact) mass is 441 g/mol. The Morgan fingerprint density at radius 3 is 2.42 bits per heavy atom. The fourth-order valence-corrected chi connectivity index (χ4v) is 5.18. The number of hydrogen-bond acceptors (Lipinski definition) is 5. The molecule has 7 nitrogen and oxygen atoms in total. The van der Waals surface area contributed by atoms with Gasteiger partial charge in [0.25, 0.3) is 0 Å². The van der Waals surface area contributed by atoms with Crippen LogP contribution in [0.15, 0.2) is 53.4 Å². The van der Waals surface area contributed by atoms with Crippen LogP contribution in [0.2, 0.25) is 0 Å². The quantitative estimate of drug-likeness (QED) is 0.712. The number of carbonyl (C=O) groups excluding carboxylic acids is 1. The van der Waals surface area contributed by atoms with E-state index < -0.39 is 10.0 Å². The summed E-state index contributed by atoms with van der Waals surface area (Å²) in [6.45, 7) is 4.84. The van der Waals surface area contributed by atoms with Gasteiger partial charge >= 0.3 is 0 Å². The number of nitrogens with one attached hydrogen (secondary N) is 1. The van der Waals surface area contributed by atoms with Gasteiger partial charge in [-0.05, 0) is 56.5 Å². The van der Waals surface area contributed by atoms with E-state index in [-0.39, 0.29) is 41.5 Å². The maximum atomic E-state index is 12.9. The van der Waals surface area contributed by atoms with E-state index in [9.17, 15) is 18.5 Å². The van der Waals surface area contributed by atoms with E-state index in [1.807, 2.05) is 44.2 Å². The van der Waals surface area contributed by atoms with E-state index in [2.05, 4.69) is 5.32 Å². The molecule has 1 N–H and O–H groups in total. The summed E-state index contributed by atoms with van der Waals surface area (Å²) in [6, 6.07) is 15.7. The van der Waals surface area contributed by atoms with Crippen LogP contribution in [0.4, 0.5) is 0 Å². The fraction of sp³-hybridized carbons (Fsp3) is 0.391. The molecule has 0 spiro atoms. The van der Waals surface area contributed by atoms with Gasteiger partial charge in [0.1, 0.15) is 11.8 Å². The summed E-state index contributed by atoms with van der Waals surface area (Å²) < 4.78 is 32.8. The number of amides is 1. The minimum atomic E-state index is -3.75. The highest BCUT2D eigenvalue weighted by Crippen LogP contribution is 2.26. The highest BCUT2D eigenvalue weighted by molar-refractivity contribution is 7.89. The van der Waals surface area contributed by atoms with Crippen LogP contribution in [0.25, 0.3) is 0 Å². The summed E-state index contributed by atoms with van der Waals surface area (Å²) in [5.74, 6) is 0.481. The molecule has 0 atom stereocenters. The molecule has 1 fully saturated rings. The van der Waals surface area contributed by atoms with Crippen LogP contribution in [0.3, 0.4) is 0 Å². The first kappa shape index (κ1) is 22.8. The van der Waals surface area contributed by atoms with E-state index in [1.165, 1.54) is 16.4 Å². The van der Waals surface area contributed by atoms with Crippen LogP contribution in [0.1, 0.15) is 37.8 Å². The predicted octanol–water partition coefficient (Wildman–Crippen LogP) is 3.06. The molecule has 2 aromatic carbocycles. The molecule has 0 radical (unpaired) electrons. The third kappa shape index (κ3) is 5.63. The van der Waals surface area contributed by atoms with Gasteiger partial charge in [0, 0.05) is 25.6 Å². The molecule has 8 heteroatoms. The minimum Gasteiger partial charge on any atom is -0.491 e. The molecule has 1 heterocycles. The van der Waals surface area contributed by atoms with Crippen molar-refractivity contribution in [1.29, 1.82) is 5.26 Å². The van der Waals surface area contributed by atoms with Crippen molar-refractivity contribution in [2.45, 2.75) is 44.2 Å². The Labute approximate surface area is 183 Å². The van der Waals surface area contributed by atoms with Gasteiger partial charge in [0.2, 0.25) is 15.9 Å². The number of hydrogen-bond donors (Lipinski definition) is 1. The Kier molecular flexibility index (Phi) is 7.31. The summed E-state index contributed by atoms with van der Waals surface area (Å²) >= 11 is 0. The van der Waals surface area contributed by atoms with Gasteiger partial charge in [-0.2, -0.15) is 9.57 Å². The topological polar surface area (TPSA) is 99.5 Å². The number of ether oxygens (including phenoxy) is 1. The van der Waals surface area contributed by atoms with Gasteiger partial charge in [-0.3, -0.25) is 4.79 Å². The van der Waals surface area contributed by atoms with Gasteiger partial charge in [0.05, 0.1) is 16.6 Å². The number of carbonyl (C=O) groups is 1. The van der Waals surface area contributed by atoms with Crippen molar-refractivity contribution >= 4 is 15.9 Å². The average Bonchev–Trinajstić information content (AvgIpc) is 2.78. The Bertz CT molecular complexity index is 1050. The lowest BCUT2D eigenvalue weighted by molar-refractivity contribution is -0.126. The van der Waals surface area contributed by atoms with Gasteiger partial charge in [-0.1, -0.05) is 24.3 Å². The Hall–Kier alpha value is -2.89. The molecule has 31 heavy (non-hydrogen) atoms. The summed E-state index contributed by atoms with van der Waals surface area (Å²) in [5.41, 5.74) is 1.10. The zero-order valence-corrected chi connectivity index (χ0v) is 18.6. The molecule has 2 aromatic rings. The Balaban J connectivity index is 1.53. The first-order chi connectivity index (χ1) is 14.8. The second-order valence-electron chi connectivity index (χ2n) is 7.81. The van der Waals surface area contributed by atoms with E-state index >= 15 is 0 Å². The first-order valence-corrected chi connectivity index (χ1v) is 11.8. The van der Waals surface area contributed by atoms with Gasteiger partial charge in [0.15, 0.2) is 0 Å². The van der Waals surface area contributed by atoms with Crippen LogP contribution in [0.5, 0.6) is 5.75 Å². The van der Waals surface area contributed by atoms with Crippen LogP contribution >= 0.6 is 0 Å². The van der Waals surface area contributed by atoms with Crippen molar-refractivity contribution in [3.63, 3.8) is 0 Å². The number of nitriles is 1. The summed E-state index contributed by atoms with van der Waals surface area (Å²) in [5, 5.41) is 12.2. The van der Waals surface area contributed by atoms with Crippen molar-refractivity contribution < 1.29 is 17.9 Å². The minimum absolute atomic E-state index is 0.0188. The number of benzene rings is 2. The Morgan fingerprint density at radius 2 is 1.81 bits per heavy atom. The lowest BCUT2D eigenvalue weighted by atomic mass is 9.97. The molecule has 1 saturated heterocycles. The molecular formula is C23H27N3O4S. The van der Waals surface area contributed by atoms with Crippen molar-refractivity contribution in [1.82, 2.24) is 9.62 Å². The normalized spacial score (nSPS) is 15.4. The van der Waals surface area contributed by atoms with E-state index in [0.29, 0.717) is 19.4 Å². The van der Waals surface area contributed by atoms with Crippen molar-refractivity contribution in [2.24, 2.45) is 5.92 Å². The maximum Gasteiger partial charge on any atom is 0.244 e. The zero-order valence-electron chi connectivity index (χ0n) is 17.7. The standard InChI is InChI=1S/C23H27N3O4S/c1-17(2)30-21-9-7-18(8-10-21)16-25-23(27)19-11-13-26(14-12-19)31(28,29)22-6-4-3-5-20(22)15-24/h3-10,17,19H,11-14,16H2,1-2H3,(H,25,27). The summed E-state index contributed by atoms with van der Waals surface area (Å²) in [4.78, 5) is 12.6. The molecule has 0 unspecified atom stereocenters. The van der Waals surface area contributed by atoms with Crippen LogP contribution in [-0.2, 0) is 21.4 Å². The van der Waals surface area contributed by atoms with E-state index in [4.69, 9.17) is 4.74 Å². The summed E-state index contributed by atoms with van der Waals surface area (Å²) in [7, 11) is -3.75. The number of piperidine rings is 1. The Morgan fingerprint density at radius 1 is 1.16 bits per heavy atom. The lowest BCUT2D eigenvalue weighted by Crippen LogP contribution is -2.43. The molecule has 164 valence electrons. The molecule has 1 aliphatic heterocycles. The van der Waals surface area contributed by atoms with Crippen LogP contribution < -0.4 is 10.1 Å². The number of rotatable bonds is 7. The molecule has 0 aromatic heterocycles. The SMILES string of the molecule is CC(C)Oc1ccc(CNC(=O)C2CCN(S(=O)(=O)c3ccccc3C#N)CC2)cc1. The van der Waals surface area contributed by atoms with Gasteiger partial charge < -0.3 is 10.1 Å². The molecule has 3 rings (SSSR count). The smallest absolute Gasteiger partial charge is 0.244 e. The summed E-state index contributed by atoms with van der Waals surface area (Å²) in [6.07, 6.45) is 0.996. The highest BCUT2D eigenvalue weighted by Gasteiger charge is 2.33. The molecule has 0 aliphatic carbocycles. The molecule has 1 amide bonds. The second-order valence-corrected chi connectivity index (χ2v) is 9.72. The van der Waals surface area contributed by atoms with E-state index in [0.717, 1.165) is 11.3 Å². The average molecular weight is 442 g/mol. The van der Waals surface area contributed by atoms with Gasteiger partial charge in [-0.25, -0.2) is 8.42 Å². The third-order valence-corrected chi connectivity index (χ3v) is 7.17. The van der Waals surface area contributed by atoms with Crippen molar-refractivity contribution in [3.8, 4) is 11.8 Å². The van der Waals surface area contributed by atoms with Crippen LogP contribution in [-0.4, -0.2) is 37.8 Å². The zero-order chi connectivity index (χ0) is 22.4. The van der Waals surface area contributed by atoms with Crippen molar-refractivity contribution in [2.75, 3.05) is 13.1 Å². The fourth-order valence-electron chi connectivity index (χ4n) is 3.57. The highest BCUT2D eigenvalue weighted by atomic mass is 32.2. The molecule has 1 aliphatic rings. The molecule has 0 bridgehead atoms. The van der Waals surface area contributed by atoms with E-state index in [1.54, 1.807) is 12.1 Å². The lowest BCUT2D eigenvalue weighted by Gasteiger charge is -2.30. The van der Waals surface area contributed by atoms with Crippen molar-refractivity contribution in [3.05, 3.63) is 59.7 Å². The largest absolute Gasteiger partial charge is 0.491 e. The maximum absolute atomic E-state index is 12.9. The molecule has 0 saturated carbocycles. The number of sulfonamides is 1. The predicted molar refractivity (Wildman–Crippen MR) is 117 cm³/mol. The third-order valence-electron chi connectivity index (χ3n) is 5.21. The number of nitrogens with zero attached hydrogens (tertiary/aromatic N) is 2. The molecular weight excluding hydrogens is 414 g/mol. The first-order valence-electron chi connectivity index (χ1n) is 10.3.